The second kappa shape index (κ2) is 8.05. The topological polar surface area (TPSA) is 59.1 Å². The summed E-state index contributed by atoms with van der Waals surface area (Å²) in [5.74, 6) is 0.0291. The number of likely N-dealkylation sites (tertiary alicyclic amines) is 2. The molecule has 1 aromatic carbocycles. The van der Waals surface area contributed by atoms with Crippen LogP contribution < -0.4 is 0 Å². The van der Waals surface area contributed by atoms with Gasteiger partial charge in [0.25, 0.3) is 5.91 Å². The van der Waals surface area contributed by atoms with Crippen molar-refractivity contribution in [2.24, 2.45) is 0 Å². The van der Waals surface area contributed by atoms with Gasteiger partial charge in [0.2, 0.25) is 5.91 Å². The van der Waals surface area contributed by atoms with E-state index in [2.05, 4.69) is 6.07 Å². The van der Waals surface area contributed by atoms with Crippen molar-refractivity contribution < 1.29 is 19.1 Å². The molecular weight excluding hydrogens is 356 g/mol. The summed E-state index contributed by atoms with van der Waals surface area (Å²) >= 11 is 0. The Morgan fingerprint density at radius 2 is 1.75 bits per heavy atom. The zero-order chi connectivity index (χ0) is 19.7. The fraction of sp³-hybridized carbons (Fsp3) is 0.545. The molecule has 150 valence electrons. The van der Waals surface area contributed by atoms with E-state index < -0.39 is 6.29 Å². The molecule has 4 rings (SSSR count). The molecule has 6 nitrogen and oxygen atoms in total. The normalized spacial score (nSPS) is 24.0. The van der Waals surface area contributed by atoms with Crippen LogP contribution in [0.1, 0.15) is 36.8 Å². The van der Waals surface area contributed by atoms with E-state index in [9.17, 15) is 9.59 Å². The van der Waals surface area contributed by atoms with Gasteiger partial charge in [0.15, 0.2) is 6.29 Å². The second-order valence-corrected chi connectivity index (χ2v) is 7.78. The highest BCUT2D eigenvalue weighted by Gasteiger charge is 2.43. The molecule has 2 aliphatic heterocycles. The van der Waals surface area contributed by atoms with E-state index in [4.69, 9.17) is 9.47 Å². The number of carbonyl (C=O) groups is 2. The molecule has 2 fully saturated rings. The fourth-order valence-corrected chi connectivity index (χ4v) is 4.82. The molecular formula is C22H28N2O4. The Morgan fingerprint density at radius 1 is 1.04 bits per heavy atom. The Bertz CT molecular complexity index is 786. The smallest absolute Gasteiger partial charge is 0.250 e. The Morgan fingerprint density at radius 3 is 2.50 bits per heavy atom. The Balaban J connectivity index is 1.49. The molecule has 0 saturated carbocycles. The first-order valence-electron chi connectivity index (χ1n) is 10.1. The van der Waals surface area contributed by atoms with Gasteiger partial charge in [-0.15, -0.1) is 0 Å². The van der Waals surface area contributed by atoms with E-state index in [-0.39, 0.29) is 23.9 Å². The summed E-state index contributed by atoms with van der Waals surface area (Å²) in [6.45, 7) is 1.33. The van der Waals surface area contributed by atoms with Crippen molar-refractivity contribution in [1.82, 2.24) is 9.80 Å². The van der Waals surface area contributed by atoms with E-state index >= 15 is 0 Å². The fourth-order valence-electron chi connectivity index (χ4n) is 4.82. The summed E-state index contributed by atoms with van der Waals surface area (Å²) in [7, 11) is 3.20. The van der Waals surface area contributed by atoms with Crippen molar-refractivity contribution >= 4 is 17.9 Å². The molecule has 0 spiro atoms. The number of ether oxygens (including phenoxy) is 2. The van der Waals surface area contributed by atoms with Gasteiger partial charge >= 0.3 is 0 Å². The predicted molar refractivity (Wildman–Crippen MR) is 105 cm³/mol. The molecule has 0 bridgehead atoms. The molecule has 0 N–H and O–H groups in total. The zero-order valence-electron chi connectivity index (χ0n) is 16.6. The van der Waals surface area contributed by atoms with Crippen LogP contribution >= 0.6 is 0 Å². The summed E-state index contributed by atoms with van der Waals surface area (Å²) in [4.78, 5) is 30.2. The van der Waals surface area contributed by atoms with Gasteiger partial charge in [-0.25, -0.2) is 0 Å². The number of hydrogen-bond donors (Lipinski definition) is 0. The first-order chi connectivity index (χ1) is 13.6. The molecule has 1 aliphatic carbocycles. The molecule has 2 saturated heterocycles. The van der Waals surface area contributed by atoms with E-state index in [1.54, 1.807) is 19.1 Å². The summed E-state index contributed by atoms with van der Waals surface area (Å²) in [6.07, 6.45) is 5.57. The van der Waals surface area contributed by atoms with Crippen molar-refractivity contribution in [2.45, 2.75) is 50.5 Å². The molecule has 1 aromatic rings. The third-order valence-electron chi connectivity index (χ3n) is 6.20. The van der Waals surface area contributed by atoms with Gasteiger partial charge in [0.05, 0.1) is 6.04 Å². The lowest BCUT2D eigenvalue weighted by molar-refractivity contribution is -0.161. The van der Waals surface area contributed by atoms with E-state index in [0.29, 0.717) is 19.5 Å². The standard InChI is InChI=1S/C22H28N2O4/c1-27-22(28-2)19-10-6-12-24(19)21(26)18-9-5-11-23(18)20(25)17-13-15-7-3-4-8-16(15)14-17/h3-4,7-8,13,18-19,22H,5-6,9-12,14H2,1-2H3/t18-,19-/m0/s1. The second-order valence-electron chi connectivity index (χ2n) is 7.78. The number of amides is 2. The first-order valence-corrected chi connectivity index (χ1v) is 10.1. The van der Waals surface area contributed by atoms with Crippen LogP contribution in [0.5, 0.6) is 0 Å². The van der Waals surface area contributed by atoms with Crippen LogP contribution in [0.15, 0.2) is 29.8 Å². The number of methoxy groups -OCH3 is 2. The van der Waals surface area contributed by atoms with Crippen molar-refractivity contribution in [3.8, 4) is 0 Å². The van der Waals surface area contributed by atoms with Crippen LogP contribution in [-0.4, -0.2) is 67.3 Å². The average molecular weight is 384 g/mol. The molecule has 2 heterocycles. The van der Waals surface area contributed by atoms with Crippen LogP contribution in [0, 0.1) is 0 Å². The average Bonchev–Trinajstić information content (AvgIpc) is 3.46. The number of fused-ring (bicyclic) bond motifs is 1. The molecule has 3 aliphatic rings. The quantitative estimate of drug-likeness (QED) is 0.731. The molecule has 2 amide bonds. The SMILES string of the molecule is COC(OC)[C@@H]1CCCN1C(=O)[C@@H]1CCCN1C(=O)C1=Cc2ccccc2C1. The van der Waals surface area contributed by atoms with Crippen LogP contribution in [-0.2, 0) is 25.5 Å². The van der Waals surface area contributed by atoms with Gasteiger partial charge in [-0.3, -0.25) is 9.59 Å². The lowest BCUT2D eigenvalue weighted by Gasteiger charge is -2.34. The van der Waals surface area contributed by atoms with Gasteiger partial charge in [-0.05, 0) is 42.9 Å². The molecule has 2 atom stereocenters. The number of carbonyl (C=O) groups excluding carboxylic acids is 2. The van der Waals surface area contributed by atoms with E-state index in [0.717, 1.165) is 36.8 Å². The minimum absolute atomic E-state index is 0.00201. The van der Waals surface area contributed by atoms with Crippen molar-refractivity contribution in [3.05, 3.63) is 41.0 Å². The third-order valence-corrected chi connectivity index (χ3v) is 6.20. The minimum Gasteiger partial charge on any atom is -0.354 e. The summed E-state index contributed by atoms with van der Waals surface area (Å²) in [5.41, 5.74) is 3.07. The van der Waals surface area contributed by atoms with E-state index in [1.807, 2.05) is 29.2 Å². The monoisotopic (exact) mass is 384 g/mol. The molecule has 28 heavy (non-hydrogen) atoms. The maximum Gasteiger partial charge on any atom is 0.250 e. The van der Waals surface area contributed by atoms with Gasteiger partial charge in [0, 0.05) is 39.3 Å². The van der Waals surface area contributed by atoms with Crippen molar-refractivity contribution in [1.29, 1.82) is 0 Å². The van der Waals surface area contributed by atoms with Crippen LogP contribution in [0.3, 0.4) is 0 Å². The highest BCUT2D eigenvalue weighted by Crippen LogP contribution is 2.31. The lowest BCUT2D eigenvalue weighted by atomic mass is 10.1. The first kappa shape index (κ1) is 19.2. The van der Waals surface area contributed by atoms with Crippen LogP contribution in [0.25, 0.3) is 6.08 Å². The summed E-state index contributed by atoms with van der Waals surface area (Å²) < 4.78 is 10.8. The minimum atomic E-state index is -0.427. The van der Waals surface area contributed by atoms with Gasteiger partial charge in [-0.1, -0.05) is 24.3 Å². The highest BCUT2D eigenvalue weighted by atomic mass is 16.7. The predicted octanol–water partition coefficient (Wildman–Crippen LogP) is 2.23. The van der Waals surface area contributed by atoms with Gasteiger partial charge in [-0.2, -0.15) is 0 Å². The number of hydrogen-bond acceptors (Lipinski definition) is 4. The molecule has 6 heteroatoms. The lowest BCUT2D eigenvalue weighted by Crippen LogP contribution is -2.52. The zero-order valence-corrected chi connectivity index (χ0v) is 16.6. The molecule has 0 aromatic heterocycles. The van der Waals surface area contributed by atoms with Gasteiger partial charge < -0.3 is 19.3 Å². The van der Waals surface area contributed by atoms with E-state index in [1.165, 1.54) is 5.56 Å². The van der Waals surface area contributed by atoms with Crippen molar-refractivity contribution in [3.63, 3.8) is 0 Å². The Hall–Kier alpha value is -2.18. The van der Waals surface area contributed by atoms with Crippen LogP contribution in [0.2, 0.25) is 0 Å². The van der Waals surface area contributed by atoms with Crippen LogP contribution in [0.4, 0.5) is 0 Å². The Kier molecular flexibility index (Phi) is 5.51. The summed E-state index contributed by atoms with van der Waals surface area (Å²) in [5, 5.41) is 0. The third kappa shape index (κ3) is 3.35. The van der Waals surface area contributed by atoms with Gasteiger partial charge in [0.1, 0.15) is 6.04 Å². The van der Waals surface area contributed by atoms with Crippen molar-refractivity contribution in [2.75, 3.05) is 27.3 Å². The largest absolute Gasteiger partial charge is 0.354 e. The number of rotatable bonds is 5. The maximum absolute atomic E-state index is 13.3. The highest BCUT2D eigenvalue weighted by molar-refractivity contribution is 6.02. The molecule has 0 radical (unpaired) electrons. The number of nitrogens with zero attached hydrogens (tertiary/aromatic N) is 2. The summed E-state index contributed by atoms with van der Waals surface area (Å²) in [6, 6.07) is 7.61. The maximum atomic E-state index is 13.3. The Labute approximate surface area is 166 Å². The number of benzene rings is 1. The molecule has 0 unspecified atom stereocenters.